The maximum Gasteiger partial charge on any atom is 0.351 e. The fraction of sp³-hybridized carbons (Fsp3) is 0.188. The number of nitrogens with zero attached hydrogens (tertiary/aromatic N) is 2. The number of hydrogen-bond donors (Lipinski definition) is 0. The van der Waals surface area contributed by atoms with E-state index in [2.05, 4.69) is 4.98 Å². The van der Waals surface area contributed by atoms with Crippen LogP contribution in [0.25, 0.3) is 4.96 Å². The summed E-state index contributed by atoms with van der Waals surface area (Å²) in [6.45, 7) is -0.0140. The van der Waals surface area contributed by atoms with Crippen LogP contribution in [0.2, 0.25) is 0 Å². The van der Waals surface area contributed by atoms with Gasteiger partial charge in [-0.25, -0.2) is 9.78 Å². The van der Waals surface area contributed by atoms with Crippen LogP contribution in [0.3, 0.4) is 0 Å². The molecule has 1 aromatic carbocycles. The lowest BCUT2D eigenvalue weighted by Gasteiger charge is -2.24. The molecule has 7 nitrogen and oxygen atoms in total. The number of carbonyl (C=O) groups is 1. The number of rotatable bonds is 3. The Morgan fingerprint density at radius 3 is 3.08 bits per heavy atom. The zero-order valence-corrected chi connectivity index (χ0v) is 13.2. The Labute approximate surface area is 140 Å². The van der Waals surface area contributed by atoms with Crippen LogP contribution in [-0.4, -0.2) is 28.1 Å². The molecule has 4 rings (SSSR count). The van der Waals surface area contributed by atoms with Crippen molar-refractivity contribution in [3.63, 3.8) is 0 Å². The number of hydrogen-bond acceptors (Lipinski definition) is 7. The van der Waals surface area contributed by atoms with E-state index in [1.54, 1.807) is 29.8 Å². The van der Waals surface area contributed by atoms with Gasteiger partial charge in [0.1, 0.15) is 13.2 Å². The van der Waals surface area contributed by atoms with Gasteiger partial charge in [0.15, 0.2) is 16.5 Å². The maximum absolute atomic E-state index is 12.1. The van der Waals surface area contributed by atoms with Crippen LogP contribution in [0.4, 0.5) is 0 Å². The van der Waals surface area contributed by atoms with Gasteiger partial charge in [-0.2, -0.15) is 0 Å². The zero-order chi connectivity index (χ0) is 16.5. The summed E-state index contributed by atoms with van der Waals surface area (Å²) >= 11 is 1.34. The highest BCUT2D eigenvalue weighted by Gasteiger charge is 2.28. The molecule has 0 spiro atoms. The predicted molar refractivity (Wildman–Crippen MR) is 85.5 cm³/mol. The van der Waals surface area contributed by atoms with Crippen LogP contribution in [0.15, 0.2) is 46.7 Å². The van der Waals surface area contributed by atoms with E-state index in [9.17, 15) is 9.59 Å². The van der Waals surface area contributed by atoms with Crippen molar-refractivity contribution < 1.29 is 19.0 Å². The Kier molecular flexibility index (Phi) is 3.66. The monoisotopic (exact) mass is 344 g/mol. The lowest BCUT2D eigenvalue weighted by Crippen LogP contribution is -2.37. The van der Waals surface area contributed by atoms with Crippen molar-refractivity contribution in [3.8, 4) is 11.5 Å². The molecule has 2 aromatic heterocycles. The lowest BCUT2D eigenvalue weighted by atomic mass is 10.2. The second-order valence-electron chi connectivity index (χ2n) is 5.11. The van der Waals surface area contributed by atoms with Crippen molar-refractivity contribution in [2.45, 2.75) is 12.7 Å². The van der Waals surface area contributed by atoms with Crippen molar-refractivity contribution in [2.75, 3.05) is 6.61 Å². The Morgan fingerprint density at radius 2 is 2.21 bits per heavy atom. The van der Waals surface area contributed by atoms with Crippen molar-refractivity contribution in [1.82, 2.24) is 9.38 Å². The molecule has 8 heteroatoms. The molecule has 0 radical (unpaired) electrons. The molecule has 0 unspecified atom stereocenters. The van der Waals surface area contributed by atoms with Crippen LogP contribution in [0, 0.1) is 0 Å². The number of fused-ring (bicyclic) bond motifs is 2. The SMILES string of the molecule is O=C(OCc1cc(=O)n2ccsc2n1)[C@H]1COc2ccccc2O1. The average molecular weight is 344 g/mol. The predicted octanol–water partition coefficient (Wildman–Crippen LogP) is 1.64. The number of thiazole rings is 1. The van der Waals surface area contributed by atoms with E-state index in [1.807, 2.05) is 6.07 Å². The molecule has 0 saturated heterocycles. The summed E-state index contributed by atoms with van der Waals surface area (Å²) in [4.78, 5) is 28.9. The maximum atomic E-state index is 12.1. The van der Waals surface area contributed by atoms with Crippen molar-refractivity contribution in [3.05, 3.63) is 58.0 Å². The number of para-hydroxylation sites is 2. The van der Waals surface area contributed by atoms with Gasteiger partial charge in [0.05, 0.1) is 5.69 Å². The van der Waals surface area contributed by atoms with Gasteiger partial charge in [0, 0.05) is 17.6 Å². The number of benzene rings is 1. The molecule has 0 amide bonds. The molecule has 0 fully saturated rings. The van der Waals surface area contributed by atoms with Crippen molar-refractivity contribution >= 4 is 22.3 Å². The third-order valence-corrected chi connectivity index (χ3v) is 4.25. The first-order valence-electron chi connectivity index (χ1n) is 7.21. The Morgan fingerprint density at radius 1 is 1.38 bits per heavy atom. The highest BCUT2D eigenvalue weighted by Crippen LogP contribution is 2.31. The van der Waals surface area contributed by atoms with Gasteiger partial charge in [-0.05, 0) is 12.1 Å². The first-order valence-corrected chi connectivity index (χ1v) is 8.09. The number of ether oxygens (including phenoxy) is 3. The standard InChI is InChI=1S/C16H12N2O5S/c19-14-7-10(17-16-18(14)5-6-24-16)8-22-15(20)13-9-21-11-3-1-2-4-12(11)23-13/h1-7,13H,8-9H2/t13-/m1/s1. The molecular weight excluding hydrogens is 332 g/mol. The third-order valence-electron chi connectivity index (χ3n) is 3.49. The fourth-order valence-electron chi connectivity index (χ4n) is 2.34. The third kappa shape index (κ3) is 2.71. The number of carbonyl (C=O) groups excluding carboxylic acids is 1. The summed E-state index contributed by atoms with van der Waals surface area (Å²) in [6, 6.07) is 8.46. The smallest absolute Gasteiger partial charge is 0.351 e. The summed E-state index contributed by atoms with van der Waals surface area (Å²) in [5.41, 5.74) is 0.186. The van der Waals surface area contributed by atoms with Crippen LogP contribution >= 0.6 is 11.3 Å². The van der Waals surface area contributed by atoms with Crippen LogP contribution in [0.1, 0.15) is 5.69 Å². The summed E-state index contributed by atoms with van der Waals surface area (Å²) in [5, 5.41) is 1.77. The average Bonchev–Trinajstić information content (AvgIpc) is 3.08. The second kappa shape index (κ2) is 5.97. The first kappa shape index (κ1) is 14.7. The molecule has 3 aromatic rings. The highest BCUT2D eigenvalue weighted by molar-refractivity contribution is 7.15. The minimum absolute atomic E-state index is 0.0793. The van der Waals surface area contributed by atoms with Crippen molar-refractivity contribution in [1.29, 1.82) is 0 Å². The van der Waals surface area contributed by atoms with Gasteiger partial charge in [-0.3, -0.25) is 9.20 Å². The van der Waals surface area contributed by atoms with Gasteiger partial charge >= 0.3 is 5.97 Å². The van der Waals surface area contributed by atoms with E-state index in [1.165, 1.54) is 21.8 Å². The fourth-order valence-corrected chi connectivity index (χ4v) is 3.07. The van der Waals surface area contributed by atoms with Crippen LogP contribution in [0.5, 0.6) is 11.5 Å². The summed E-state index contributed by atoms with van der Waals surface area (Å²) in [6.07, 6.45) is 0.807. The minimum Gasteiger partial charge on any atom is -0.485 e. The molecule has 0 N–H and O–H groups in total. The van der Waals surface area contributed by atoms with Gasteiger partial charge in [-0.1, -0.05) is 12.1 Å². The van der Waals surface area contributed by atoms with Gasteiger partial charge in [-0.15, -0.1) is 11.3 Å². The first-order chi connectivity index (χ1) is 11.7. The number of aromatic nitrogens is 2. The topological polar surface area (TPSA) is 79.1 Å². The van der Waals surface area contributed by atoms with Gasteiger partial charge in [0.2, 0.25) is 6.10 Å². The Balaban J connectivity index is 1.44. The lowest BCUT2D eigenvalue weighted by molar-refractivity contribution is -0.156. The molecule has 1 aliphatic heterocycles. The normalized spacial score (nSPS) is 16.1. The quantitative estimate of drug-likeness (QED) is 0.672. The Bertz CT molecular complexity index is 964. The largest absolute Gasteiger partial charge is 0.485 e. The van der Waals surface area contributed by atoms with E-state index in [0.717, 1.165) is 0 Å². The van der Waals surface area contributed by atoms with E-state index in [-0.39, 0.29) is 18.8 Å². The highest BCUT2D eigenvalue weighted by atomic mass is 32.1. The summed E-state index contributed by atoms with van der Waals surface area (Å²) in [5.74, 6) is 0.541. The molecule has 24 heavy (non-hydrogen) atoms. The molecule has 1 atom stereocenters. The zero-order valence-electron chi connectivity index (χ0n) is 12.4. The molecule has 122 valence electrons. The molecule has 1 aliphatic rings. The Hall–Kier alpha value is -2.87. The van der Waals surface area contributed by atoms with E-state index in [4.69, 9.17) is 14.2 Å². The second-order valence-corrected chi connectivity index (χ2v) is 5.99. The van der Waals surface area contributed by atoms with E-state index >= 15 is 0 Å². The van der Waals surface area contributed by atoms with Crippen molar-refractivity contribution in [2.24, 2.45) is 0 Å². The van der Waals surface area contributed by atoms with Gasteiger partial charge in [0.25, 0.3) is 5.56 Å². The molecule has 0 bridgehead atoms. The number of esters is 1. The van der Waals surface area contributed by atoms with Gasteiger partial charge < -0.3 is 14.2 Å². The van der Waals surface area contributed by atoms with Crippen LogP contribution < -0.4 is 15.0 Å². The molecular formula is C16H12N2O5S. The van der Waals surface area contributed by atoms with E-state index < -0.39 is 12.1 Å². The van der Waals surface area contributed by atoms with Crippen LogP contribution in [-0.2, 0) is 16.1 Å². The summed E-state index contributed by atoms with van der Waals surface area (Å²) < 4.78 is 17.7. The molecule has 0 saturated carbocycles. The minimum atomic E-state index is -0.841. The molecule has 0 aliphatic carbocycles. The van der Waals surface area contributed by atoms with E-state index in [0.29, 0.717) is 22.2 Å². The molecule has 3 heterocycles. The summed E-state index contributed by atoms with van der Waals surface area (Å²) in [7, 11) is 0.